The summed E-state index contributed by atoms with van der Waals surface area (Å²) in [5, 5.41) is 0. The lowest BCUT2D eigenvalue weighted by Gasteiger charge is -2.01. The Kier molecular flexibility index (Phi) is 3.73. The first kappa shape index (κ1) is 12.0. The highest BCUT2D eigenvalue weighted by Gasteiger charge is 2.32. The molecule has 2 nitrogen and oxygen atoms in total. The average Bonchev–Trinajstić information content (AvgIpc) is 2.52. The minimum atomic E-state index is -4.34. The van der Waals surface area contributed by atoms with Crippen molar-refractivity contribution < 1.29 is 22.7 Å². The molecule has 1 aromatic heterocycles. The van der Waals surface area contributed by atoms with E-state index in [1.54, 1.807) is 6.92 Å². The molecule has 0 aliphatic heterocycles. The molecule has 0 atom stereocenters. The van der Waals surface area contributed by atoms with Gasteiger partial charge >= 0.3 is 12.1 Å². The Morgan fingerprint density at radius 2 is 2.13 bits per heavy atom. The molecule has 0 amide bonds. The Morgan fingerprint density at radius 1 is 1.47 bits per heavy atom. The Balaban J connectivity index is 2.65. The Morgan fingerprint density at radius 3 is 2.60 bits per heavy atom. The number of rotatable bonds is 3. The van der Waals surface area contributed by atoms with Crippen molar-refractivity contribution >= 4 is 17.3 Å². The second kappa shape index (κ2) is 4.65. The summed E-state index contributed by atoms with van der Waals surface area (Å²) >= 11 is 0.568. The van der Waals surface area contributed by atoms with Crippen LogP contribution in [0.4, 0.5) is 13.2 Å². The number of carbonyl (C=O) groups excluding carboxylic acids is 1. The van der Waals surface area contributed by atoms with Gasteiger partial charge in [0.05, 0.1) is 13.0 Å². The zero-order valence-corrected chi connectivity index (χ0v) is 8.74. The van der Waals surface area contributed by atoms with Crippen LogP contribution in [0.5, 0.6) is 0 Å². The first-order chi connectivity index (χ1) is 6.93. The summed E-state index contributed by atoms with van der Waals surface area (Å²) in [5.74, 6) is -0.506. The lowest BCUT2D eigenvalue weighted by molar-refractivity contribution is -0.142. The maximum Gasteiger partial charge on any atom is 0.425 e. The molecule has 0 aromatic carbocycles. The predicted octanol–water partition coefficient (Wildman–Crippen LogP) is 2.87. The first-order valence-corrected chi connectivity index (χ1v) is 5.06. The molecule has 0 aliphatic carbocycles. The standard InChI is InChI=1S/C9H9F3O2S/c1-2-14-8(13)5-6-3-4-7(15-6)9(10,11)12/h3-4H,2,5H2,1H3. The smallest absolute Gasteiger partial charge is 0.425 e. The summed E-state index contributed by atoms with van der Waals surface area (Å²) in [6.07, 6.45) is -4.44. The van der Waals surface area contributed by atoms with E-state index in [4.69, 9.17) is 0 Å². The lowest BCUT2D eigenvalue weighted by Crippen LogP contribution is -2.06. The van der Waals surface area contributed by atoms with Crippen LogP contribution in [-0.4, -0.2) is 12.6 Å². The van der Waals surface area contributed by atoms with E-state index in [0.717, 1.165) is 6.07 Å². The predicted molar refractivity (Wildman–Crippen MR) is 49.7 cm³/mol. The molecule has 6 heteroatoms. The molecule has 0 saturated carbocycles. The lowest BCUT2D eigenvalue weighted by atomic mass is 10.3. The van der Waals surface area contributed by atoms with E-state index >= 15 is 0 Å². The topological polar surface area (TPSA) is 26.3 Å². The van der Waals surface area contributed by atoms with Gasteiger partial charge in [-0.05, 0) is 19.1 Å². The average molecular weight is 238 g/mol. The molecular formula is C9H9F3O2S. The third kappa shape index (κ3) is 3.54. The van der Waals surface area contributed by atoms with Crippen molar-refractivity contribution in [3.05, 3.63) is 21.9 Å². The maximum absolute atomic E-state index is 12.2. The minimum Gasteiger partial charge on any atom is -0.466 e. The number of esters is 1. The van der Waals surface area contributed by atoms with Crippen molar-refractivity contribution in [1.82, 2.24) is 0 Å². The molecule has 1 heterocycles. The van der Waals surface area contributed by atoms with Crippen molar-refractivity contribution in [2.45, 2.75) is 19.5 Å². The largest absolute Gasteiger partial charge is 0.466 e. The molecule has 0 spiro atoms. The normalized spacial score (nSPS) is 11.5. The van der Waals surface area contributed by atoms with E-state index in [9.17, 15) is 18.0 Å². The summed E-state index contributed by atoms with van der Waals surface area (Å²) in [7, 11) is 0. The van der Waals surface area contributed by atoms with Crippen molar-refractivity contribution in [1.29, 1.82) is 0 Å². The van der Waals surface area contributed by atoms with Crippen molar-refractivity contribution in [3.63, 3.8) is 0 Å². The fourth-order valence-electron chi connectivity index (χ4n) is 0.980. The quantitative estimate of drug-likeness (QED) is 0.757. The van der Waals surface area contributed by atoms with Gasteiger partial charge in [-0.25, -0.2) is 0 Å². The van der Waals surface area contributed by atoms with Gasteiger partial charge in [0.25, 0.3) is 0 Å². The summed E-state index contributed by atoms with van der Waals surface area (Å²) in [4.78, 5) is 10.6. The molecular weight excluding hydrogens is 229 g/mol. The van der Waals surface area contributed by atoms with E-state index in [1.165, 1.54) is 6.07 Å². The van der Waals surface area contributed by atoms with Gasteiger partial charge in [-0.2, -0.15) is 13.2 Å². The van der Waals surface area contributed by atoms with Crippen LogP contribution < -0.4 is 0 Å². The second-order valence-corrected chi connectivity index (χ2v) is 3.91. The number of ether oxygens (including phenoxy) is 1. The van der Waals surface area contributed by atoms with Crippen molar-refractivity contribution in [3.8, 4) is 0 Å². The Hall–Kier alpha value is -1.04. The number of thiophene rings is 1. The fraction of sp³-hybridized carbons (Fsp3) is 0.444. The van der Waals surface area contributed by atoms with Gasteiger partial charge in [-0.15, -0.1) is 11.3 Å². The van der Waals surface area contributed by atoms with Gasteiger partial charge in [0.1, 0.15) is 4.88 Å². The van der Waals surface area contributed by atoms with Gasteiger partial charge in [-0.3, -0.25) is 4.79 Å². The number of alkyl halides is 3. The molecule has 0 aliphatic rings. The van der Waals surface area contributed by atoms with Gasteiger partial charge in [0, 0.05) is 4.88 Å². The molecule has 0 bridgehead atoms. The van der Waals surface area contributed by atoms with Gasteiger partial charge in [-0.1, -0.05) is 0 Å². The molecule has 1 aromatic rings. The van der Waals surface area contributed by atoms with E-state index in [-0.39, 0.29) is 13.0 Å². The van der Waals surface area contributed by atoms with E-state index in [1.807, 2.05) is 0 Å². The van der Waals surface area contributed by atoms with Crippen LogP contribution in [0.25, 0.3) is 0 Å². The third-order valence-corrected chi connectivity index (χ3v) is 2.69. The van der Waals surface area contributed by atoms with E-state index in [2.05, 4.69) is 4.74 Å². The van der Waals surface area contributed by atoms with Crippen LogP contribution >= 0.6 is 11.3 Å². The SMILES string of the molecule is CCOC(=O)Cc1ccc(C(F)(F)F)s1. The van der Waals surface area contributed by atoms with Crippen LogP contribution in [0.3, 0.4) is 0 Å². The third-order valence-electron chi connectivity index (χ3n) is 1.56. The van der Waals surface area contributed by atoms with Crippen LogP contribution in [0.15, 0.2) is 12.1 Å². The monoisotopic (exact) mass is 238 g/mol. The van der Waals surface area contributed by atoms with Gasteiger partial charge < -0.3 is 4.74 Å². The first-order valence-electron chi connectivity index (χ1n) is 4.25. The molecule has 84 valence electrons. The fourth-order valence-corrected chi connectivity index (χ4v) is 1.84. The number of carbonyl (C=O) groups is 1. The summed E-state index contributed by atoms with van der Waals surface area (Å²) in [5.41, 5.74) is 0. The molecule has 0 N–H and O–H groups in total. The molecule has 0 radical (unpaired) electrons. The molecule has 1 rings (SSSR count). The van der Waals surface area contributed by atoms with Gasteiger partial charge in [0.2, 0.25) is 0 Å². The summed E-state index contributed by atoms with van der Waals surface area (Å²) in [6.45, 7) is 1.88. The van der Waals surface area contributed by atoms with Crippen LogP contribution in [0, 0.1) is 0 Å². The Bertz CT molecular complexity index is 343. The summed E-state index contributed by atoms with van der Waals surface area (Å²) < 4.78 is 41.2. The number of halogens is 3. The van der Waals surface area contributed by atoms with Crippen molar-refractivity contribution in [2.75, 3.05) is 6.61 Å². The molecule has 15 heavy (non-hydrogen) atoms. The van der Waals surface area contributed by atoms with Gasteiger partial charge in [0.15, 0.2) is 0 Å². The highest BCUT2D eigenvalue weighted by Crippen LogP contribution is 2.34. The molecule has 0 saturated heterocycles. The highest BCUT2D eigenvalue weighted by molar-refractivity contribution is 7.12. The number of hydrogen-bond donors (Lipinski definition) is 0. The zero-order valence-electron chi connectivity index (χ0n) is 7.93. The van der Waals surface area contributed by atoms with Crippen LogP contribution in [0.1, 0.15) is 16.7 Å². The maximum atomic E-state index is 12.2. The minimum absolute atomic E-state index is 0.103. The zero-order chi connectivity index (χ0) is 11.5. The van der Waals surface area contributed by atoms with E-state index < -0.39 is 17.0 Å². The Labute approximate surface area is 88.7 Å². The summed E-state index contributed by atoms with van der Waals surface area (Å²) in [6, 6.07) is 2.27. The number of hydrogen-bond acceptors (Lipinski definition) is 3. The highest BCUT2D eigenvalue weighted by atomic mass is 32.1. The van der Waals surface area contributed by atoms with Crippen molar-refractivity contribution in [2.24, 2.45) is 0 Å². The molecule has 0 fully saturated rings. The van der Waals surface area contributed by atoms with E-state index in [0.29, 0.717) is 16.2 Å². The van der Waals surface area contributed by atoms with Crippen LogP contribution in [0.2, 0.25) is 0 Å². The second-order valence-electron chi connectivity index (χ2n) is 2.75. The molecule has 0 unspecified atom stereocenters. The van der Waals surface area contributed by atoms with Crippen LogP contribution in [-0.2, 0) is 22.1 Å².